The first kappa shape index (κ1) is 23.1. The number of hydrogen-bond donors (Lipinski definition) is 0. The molecule has 0 bridgehead atoms. The second-order valence-corrected chi connectivity index (χ2v) is 7.90. The summed E-state index contributed by atoms with van der Waals surface area (Å²) in [4.78, 5) is 12.6. The lowest BCUT2D eigenvalue weighted by atomic mass is 10.1. The van der Waals surface area contributed by atoms with Gasteiger partial charge >= 0.3 is 0 Å². The molecule has 4 nitrogen and oxygen atoms in total. The molecule has 0 N–H and O–H groups in total. The summed E-state index contributed by atoms with van der Waals surface area (Å²) in [5.74, 6) is 1.48. The molecule has 0 saturated heterocycles. The van der Waals surface area contributed by atoms with Crippen molar-refractivity contribution < 1.29 is 19.0 Å². The summed E-state index contributed by atoms with van der Waals surface area (Å²) < 4.78 is 18.6. The van der Waals surface area contributed by atoms with Crippen molar-refractivity contribution in [3.63, 3.8) is 0 Å². The zero-order chi connectivity index (χ0) is 23.6. The minimum absolute atomic E-state index is 0.0173. The van der Waals surface area contributed by atoms with Gasteiger partial charge in [-0.3, -0.25) is 4.79 Å². The molecule has 0 aliphatic carbocycles. The lowest BCUT2D eigenvalue weighted by Gasteiger charge is -2.19. The van der Waals surface area contributed by atoms with Crippen molar-refractivity contribution >= 4 is 5.78 Å². The van der Waals surface area contributed by atoms with E-state index in [4.69, 9.17) is 14.2 Å². The van der Waals surface area contributed by atoms with E-state index in [1.165, 1.54) is 0 Å². The van der Waals surface area contributed by atoms with Crippen molar-refractivity contribution in [2.24, 2.45) is 0 Å². The summed E-state index contributed by atoms with van der Waals surface area (Å²) in [6.07, 6.45) is 0.389. The highest BCUT2D eigenvalue weighted by molar-refractivity contribution is 5.97. The van der Waals surface area contributed by atoms with Gasteiger partial charge in [0.05, 0.1) is 0 Å². The predicted molar refractivity (Wildman–Crippen MR) is 133 cm³/mol. The third-order valence-electron chi connectivity index (χ3n) is 5.36. The quantitative estimate of drug-likeness (QED) is 0.230. The van der Waals surface area contributed by atoms with Crippen molar-refractivity contribution in [2.75, 3.05) is 0 Å². The molecule has 0 aliphatic heterocycles. The molecule has 0 spiro atoms. The molecule has 172 valence electrons. The summed E-state index contributed by atoms with van der Waals surface area (Å²) >= 11 is 0. The lowest BCUT2D eigenvalue weighted by molar-refractivity contribution is 0.0987. The van der Waals surface area contributed by atoms with Crippen molar-refractivity contribution in [1.29, 1.82) is 0 Å². The van der Waals surface area contributed by atoms with Gasteiger partial charge in [-0.05, 0) is 28.8 Å². The zero-order valence-corrected chi connectivity index (χ0v) is 19.3. The van der Waals surface area contributed by atoms with Gasteiger partial charge in [0.15, 0.2) is 17.3 Å². The molecule has 0 unspecified atom stereocenters. The van der Waals surface area contributed by atoms with Crippen molar-refractivity contribution in [1.82, 2.24) is 0 Å². The molecule has 4 heteroatoms. The van der Waals surface area contributed by atoms with Crippen LogP contribution < -0.4 is 14.2 Å². The molecule has 0 aromatic heterocycles. The third-order valence-corrected chi connectivity index (χ3v) is 5.36. The van der Waals surface area contributed by atoms with E-state index in [-0.39, 0.29) is 5.78 Å². The zero-order valence-electron chi connectivity index (χ0n) is 19.3. The highest BCUT2D eigenvalue weighted by Crippen LogP contribution is 2.40. The van der Waals surface area contributed by atoms with Crippen LogP contribution in [-0.4, -0.2) is 5.78 Å². The standard InChI is InChI=1S/C30H28O4/c1-2-27(31)26-18-28(32-20-23-12-6-3-7-13-23)30(34-22-25-16-10-5-11-17-25)29(19-26)33-21-24-14-8-4-9-15-24/h3-19H,2,20-22H2,1H3. The van der Waals surface area contributed by atoms with E-state index >= 15 is 0 Å². The number of ketones is 1. The first-order chi connectivity index (χ1) is 16.7. The van der Waals surface area contributed by atoms with Gasteiger partial charge in [-0.15, -0.1) is 0 Å². The largest absolute Gasteiger partial charge is 0.485 e. The average Bonchev–Trinajstić information content (AvgIpc) is 2.91. The van der Waals surface area contributed by atoms with Crippen LogP contribution in [0.1, 0.15) is 40.4 Å². The molecule has 4 aromatic carbocycles. The second kappa shape index (κ2) is 11.7. The number of carbonyl (C=O) groups is 1. The Balaban J connectivity index is 1.67. The second-order valence-electron chi connectivity index (χ2n) is 7.90. The van der Waals surface area contributed by atoms with Crippen LogP contribution in [0.4, 0.5) is 0 Å². The van der Waals surface area contributed by atoms with Crippen LogP contribution in [0, 0.1) is 0 Å². The molecule has 0 amide bonds. The van der Waals surface area contributed by atoms with Gasteiger partial charge in [0, 0.05) is 12.0 Å². The molecule has 34 heavy (non-hydrogen) atoms. The molecule has 0 atom stereocenters. The molecule has 0 heterocycles. The van der Waals surface area contributed by atoms with E-state index in [9.17, 15) is 4.79 Å². The summed E-state index contributed by atoms with van der Waals surface area (Å²) in [5, 5.41) is 0. The van der Waals surface area contributed by atoms with E-state index < -0.39 is 0 Å². The maximum Gasteiger partial charge on any atom is 0.203 e. The van der Waals surface area contributed by atoms with Gasteiger partial charge in [-0.2, -0.15) is 0 Å². The number of Topliss-reactive ketones (excluding diaryl/α,β-unsaturated/α-hetero) is 1. The van der Waals surface area contributed by atoms with Crippen molar-refractivity contribution in [2.45, 2.75) is 33.2 Å². The van der Waals surface area contributed by atoms with E-state index in [0.717, 1.165) is 16.7 Å². The van der Waals surface area contributed by atoms with Crippen molar-refractivity contribution in [3.05, 3.63) is 125 Å². The van der Waals surface area contributed by atoms with Gasteiger partial charge in [-0.1, -0.05) is 97.9 Å². The highest BCUT2D eigenvalue weighted by atomic mass is 16.5. The lowest BCUT2D eigenvalue weighted by Crippen LogP contribution is -2.07. The minimum atomic E-state index is 0.0173. The Morgan fingerprint density at radius 3 is 1.35 bits per heavy atom. The van der Waals surface area contributed by atoms with Crippen LogP contribution in [-0.2, 0) is 19.8 Å². The summed E-state index contributed by atoms with van der Waals surface area (Å²) in [6, 6.07) is 33.2. The first-order valence-electron chi connectivity index (χ1n) is 11.4. The maximum absolute atomic E-state index is 12.6. The number of hydrogen-bond acceptors (Lipinski definition) is 4. The summed E-state index contributed by atoms with van der Waals surface area (Å²) in [7, 11) is 0. The molecular weight excluding hydrogens is 424 g/mol. The topological polar surface area (TPSA) is 44.8 Å². The van der Waals surface area contributed by atoms with Crippen molar-refractivity contribution in [3.8, 4) is 17.2 Å². The molecule has 0 saturated carbocycles. The normalized spacial score (nSPS) is 10.5. The summed E-state index contributed by atoms with van der Waals surface area (Å²) in [6.45, 7) is 2.90. The number of benzene rings is 4. The SMILES string of the molecule is CCC(=O)c1cc(OCc2ccccc2)c(OCc2ccccc2)c(OCc2ccccc2)c1. The molecule has 0 radical (unpaired) electrons. The smallest absolute Gasteiger partial charge is 0.203 e. The van der Waals surface area contributed by atoms with Crippen LogP contribution in [0.15, 0.2) is 103 Å². The molecule has 4 rings (SSSR count). The minimum Gasteiger partial charge on any atom is -0.485 e. The summed E-state index contributed by atoms with van der Waals surface area (Å²) in [5.41, 5.74) is 3.62. The van der Waals surface area contributed by atoms with Crippen LogP contribution in [0.5, 0.6) is 17.2 Å². The van der Waals surface area contributed by atoms with E-state index in [1.54, 1.807) is 12.1 Å². The Bertz CT molecular complexity index is 1120. The van der Waals surface area contributed by atoms with Crippen LogP contribution in [0.2, 0.25) is 0 Å². The first-order valence-corrected chi connectivity index (χ1v) is 11.4. The van der Waals surface area contributed by atoms with Gasteiger partial charge in [0.2, 0.25) is 5.75 Å². The Kier molecular flexibility index (Phi) is 7.96. The third kappa shape index (κ3) is 6.26. The molecule has 0 fully saturated rings. The van der Waals surface area contributed by atoms with Gasteiger partial charge < -0.3 is 14.2 Å². The monoisotopic (exact) mass is 452 g/mol. The van der Waals surface area contributed by atoms with Gasteiger partial charge in [0.25, 0.3) is 0 Å². The average molecular weight is 453 g/mol. The fourth-order valence-electron chi connectivity index (χ4n) is 3.50. The Hall–Kier alpha value is -4.05. The van der Waals surface area contributed by atoms with Crippen LogP contribution in [0.3, 0.4) is 0 Å². The predicted octanol–water partition coefficient (Wildman–Crippen LogP) is 7.02. The molecular formula is C30H28O4. The Morgan fingerprint density at radius 1 is 0.588 bits per heavy atom. The van der Waals surface area contributed by atoms with E-state index in [2.05, 4.69) is 0 Å². The maximum atomic E-state index is 12.6. The van der Waals surface area contributed by atoms with Gasteiger partial charge in [0.1, 0.15) is 19.8 Å². The molecule has 4 aromatic rings. The number of ether oxygens (including phenoxy) is 3. The number of carbonyl (C=O) groups excluding carboxylic acids is 1. The Morgan fingerprint density at radius 2 is 0.971 bits per heavy atom. The fraction of sp³-hybridized carbons (Fsp3) is 0.167. The fourth-order valence-corrected chi connectivity index (χ4v) is 3.50. The number of rotatable bonds is 11. The van der Waals surface area contributed by atoms with Crippen LogP contribution in [0.25, 0.3) is 0 Å². The van der Waals surface area contributed by atoms with Crippen LogP contribution >= 0.6 is 0 Å². The van der Waals surface area contributed by atoms with E-state index in [1.807, 2.05) is 97.9 Å². The Labute approximate surface area is 200 Å². The highest BCUT2D eigenvalue weighted by Gasteiger charge is 2.19. The molecule has 0 aliphatic rings. The van der Waals surface area contributed by atoms with E-state index in [0.29, 0.717) is 49.1 Å². The van der Waals surface area contributed by atoms with Gasteiger partial charge in [-0.25, -0.2) is 0 Å².